The molecule has 0 aromatic heterocycles. The molecule has 0 saturated heterocycles. The highest BCUT2D eigenvalue weighted by Gasteiger charge is 2.34. The van der Waals surface area contributed by atoms with Gasteiger partial charge in [0.25, 0.3) is 5.91 Å². The monoisotopic (exact) mass is 334 g/mol. The Hall–Kier alpha value is -2.50. The van der Waals surface area contributed by atoms with Gasteiger partial charge >= 0.3 is 6.18 Å². The van der Waals surface area contributed by atoms with Crippen molar-refractivity contribution < 1.29 is 18.0 Å². The number of carbonyl (C=O) groups excluding carboxylic acids is 1. The number of hydrogen-bond donors (Lipinski definition) is 1. The molecule has 1 aliphatic rings. The first-order chi connectivity index (χ1) is 11.5. The minimum absolute atomic E-state index is 0.291. The average molecular weight is 334 g/mol. The Bertz CT molecular complexity index is 743. The highest BCUT2D eigenvalue weighted by molar-refractivity contribution is 5.95. The minimum atomic E-state index is -4.54. The molecule has 0 saturated carbocycles. The van der Waals surface area contributed by atoms with Gasteiger partial charge in [0, 0.05) is 25.3 Å². The fourth-order valence-electron chi connectivity index (χ4n) is 2.97. The van der Waals surface area contributed by atoms with Gasteiger partial charge in [-0.05, 0) is 30.2 Å². The molecule has 2 aromatic rings. The number of benzene rings is 2. The molecule has 1 amide bonds. The van der Waals surface area contributed by atoms with Gasteiger partial charge in [0.05, 0.1) is 11.1 Å². The SMILES string of the molecule is O=C(NCCN1CCc2ccccc21)c1ccccc1C(F)(F)F. The van der Waals surface area contributed by atoms with Crippen molar-refractivity contribution in [1.29, 1.82) is 0 Å². The summed E-state index contributed by atoms with van der Waals surface area (Å²) in [6, 6.07) is 12.8. The molecule has 0 spiro atoms. The molecule has 6 heteroatoms. The Balaban J connectivity index is 1.62. The molecule has 1 N–H and O–H groups in total. The van der Waals surface area contributed by atoms with Gasteiger partial charge in [0.1, 0.15) is 0 Å². The molecule has 24 heavy (non-hydrogen) atoms. The van der Waals surface area contributed by atoms with Gasteiger partial charge in [-0.25, -0.2) is 0 Å². The number of amides is 1. The van der Waals surface area contributed by atoms with Crippen LogP contribution in [0.15, 0.2) is 48.5 Å². The van der Waals surface area contributed by atoms with Crippen LogP contribution in [0.4, 0.5) is 18.9 Å². The van der Waals surface area contributed by atoms with Crippen molar-refractivity contribution in [3.8, 4) is 0 Å². The van der Waals surface area contributed by atoms with E-state index in [0.717, 1.165) is 24.7 Å². The van der Waals surface area contributed by atoms with Crippen LogP contribution in [-0.4, -0.2) is 25.5 Å². The maximum atomic E-state index is 13.0. The molecule has 0 fully saturated rings. The number of para-hydroxylation sites is 1. The number of carbonyl (C=O) groups is 1. The summed E-state index contributed by atoms with van der Waals surface area (Å²) in [6.07, 6.45) is -3.59. The summed E-state index contributed by atoms with van der Waals surface area (Å²) in [4.78, 5) is 14.2. The summed E-state index contributed by atoms with van der Waals surface area (Å²) in [5.41, 5.74) is 1.13. The standard InChI is InChI=1S/C18H17F3N2O/c19-18(20,21)15-7-3-2-6-14(15)17(24)22-10-12-23-11-9-13-5-1-4-8-16(13)23/h1-8H,9-12H2,(H,22,24). The predicted molar refractivity (Wildman–Crippen MR) is 86.1 cm³/mol. The number of halogens is 3. The van der Waals surface area contributed by atoms with Gasteiger partial charge in [-0.1, -0.05) is 30.3 Å². The number of fused-ring (bicyclic) bond motifs is 1. The normalized spacial score (nSPS) is 13.7. The molecule has 126 valence electrons. The van der Waals surface area contributed by atoms with E-state index in [1.165, 1.54) is 23.8 Å². The number of rotatable bonds is 4. The third-order valence-corrected chi connectivity index (χ3v) is 4.13. The van der Waals surface area contributed by atoms with E-state index in [0.29, 0.717) is 13.1 Å². The fourth-order valence-corrected chi connectivity index (χ4v) is 2.97. The van der Waals surface area contributed by atoms with Gasteiger partial charge in [0.15, 0.2) is 0 Å². The van der Waals surface area contributed by atoms with E-state index in [1.807, 2.05) is 18.2 Å². The van der Waals surface area contributed by atoms with Crippen LogP contribution in [0.25, 0.3) is 0 Å². The summed E-state index contributed by atoms with van der Waals surface area (Å²) in [5.74, 6) is -0.699. The zero-order valence-electron chi connectivity index (χ0n) is 12.9. The third kappa shape index (κ3) is 3.37. The number of anilines is 1. The first-order valence-electron chi connectivity index (χ1n) is 7.74. The van der Waals surface area contributed by atoms with Crippen LogP contribution < -0.4 is 10.2 Å². The first kappa shape index (κ1) is 16.4. The van der Waals surface area contributed by atoms with Crippen molar-refractivity contribution >= 4 is 11.6 Å². The molecule has 3 rings (SSSR count). The predicted octanol–water partition coefficient (Wildman–Crippen LogP) is 3.50. The first-order valence-corrected chi connectivity index (χ1v) is 7.74. The Morgan fingerprint density at radius 3 is 2.58 bits per heavy atom. The lowest BCUT2D eigenvalue weighted by molar-refractivity contribution is -0.137. The highest BCUT2D eigenvalue weighted by Crippen LogP contribution is 2.31. The molecule has 1 aliphatic heterocycles. The lowest BCUT2D eigenvalue weighted by Gasteiger charge is -2.20. The topological polar surface area (TPSA) is 32.3 Å². The van der Waals surface area contributed by atoms with Crippen LogP contribution in [0, 0.1) is 0 Å². The fraction of sp³-hybridized carbons (Fsp3) is 0.278. The minimum Gasteiger partial charge on any atom is -0.369 e. The molecular weight excluding hydrogens is 317 g/mol. The van der Waals surface area contributed by atoms with E-state index in [4.69, 9.17) is 0 Å². The molecular formula is C18H17F3N2O. The quantitative estimate of drug-likeness (QED) is 0.928. The largest absolute Gasteiger partial charge is 0.417 e. The molecule has 3 nitrogen and oxygen atoms in total. The van der Waals surface area contributed by atoms with Crippen LogP contribution in [0.1, 0.15) is 21.5 Å². The Morgan fingerprint density at radius 2 is 1.79 bits per heavy atom. The molecule has 2 aromatic carbocycles. The number of hydrogen-bond acceptors (Lipinski definition) is 2. The van der Waals surface area contributed by atoms with E-state index in [-0.39, 0.29) is 5.56 Å². The van der Waals surface area contributed by atoms with E-state index >= 15 is 0 Å². The molecule has 0 bridgehead atoms. The number of alkyl halides is 3. The molecule has 0 unspecified atom stereocenters. The van der Waals surface area contributed by atoms with Crippen LogP contribution in [0.3, 0.4) is 0 Å². The number of nitrogens with one attached hydrogen (secondary N) is 1. The maximum Gasteiger partial charge on any atom is 0.417 e. The van der Waals surface area contributed by atoms with E-state index in [2.05, 4.69) is 16.3 Å². The van der Waals surface area contributed by atoms with Crippen molar-refractivity contribution in [2.45, 2.75) is 12.6 Å². The molecule has 0 atom stereocenters. The van der Waals surface area contributed by atoms with Gasteiger partial charge in [0.2, 0.25) is 0 Å². The summed E-state index contributed by atoms with van der Waals surface area (Å²) >= 11 is 0. The second-order valence-electron chi connectivity index (χ2n) is 5.67. The van der Waals surface area contributed by atoms with Crippen LogP contribution in [0.5, 0.6) is 0 Å². The molecule has 1 heterocycles. The zero-order valence-corrected chi connectivity index (χ0v) is 12.9. The van der Waals surface area contributed by atoms with Gasteiger partial charge in [-0.2, -0.15) is 13.2 Å². The Labute approximate surface area is 138 Å². The molecule has 0 aliphatic carbocycles. The summed E-state index contributed by atoms with van der Waals surface area (Å²) in [6.45, 7) is 1.71. The second kappa shape index (κ2) is 6.55. The van der Waals surface area contributed by atoms with Crippen molar-refractivity contribution in [2.24, 2.45) is 0 Å². The number of nitrogens with zero attached hydrogens (tertiary/aromatic N) is 1. The summed E-state index contributed by atoms with van der Waals surface area (Å²) in [5, 5.41) is 2.59. The Morgan fingerprint density at radius 1 is 1.08 bits per heavy atom. The van der Waals surface area contributed by atoms with E-state index in [1.54, 1.807) is 0 Å². The van der Waals surface area contributed by atoms with E-state index < -0.39 is 17.6 Å². The zero-order chi connectivity index (χ0) is 17.2. The van der Waals surface area contributed by atoms with Gasteiger partial charge < -0.3 is 10.2 Å². The third-order valence-electron chi connectivity index (χ3n) is 4.13. The van der Waals surface area contributed by atoms with Gasteiger partial charge in [-0.3, -0.25) is 4.79 Å². The Kier molecular flexibility index (Phi) is 4.46. The van der Waals surface area contributed by atoms with Crippen LogP contribution in [-0.2, 0) is 12.6 Å². The van der Waals surface area contributed by atoms with Crippen molar-refractivity contribution in [3.63, 3.8) is 0 Å². The van der Waals surface area contributed by atoms with Crippen molar-refractivity contribution in [3.05, 3.63) is 65.2 Å². The van der Waals surface area contributed by atoms with Crippen molar-refractivity contribution in [1.82, 2.24) is 5.32 Å². The van der Waals surface area contributed by atoms with Crippen molar-refractivity contribution in [2.75, 3.05) is 24.5 Å². The lowest BCUT2D eigenvalue weighted by Crippen LogP contribution is -2.34. The van der Waals surface area contributed by atoms with E-state index in [9.17, 15) is 18.0 Å². The van der Waals surface area contributed by atoms with Crippen LogP contribution in [0.2, 0.25) is 0 Å². The second-order valence-corrected chi connectivity index (χ2v) is 5.67. The maximum absolute atomic E-state index is 13.0. The highest BCUT2D eigenvalue weighted by atomic mass is 19.4. The van der Waals surface area contributed by atoms with Crippen LogP contribution >= 0.6 is 0 Å². The summed E-state index contributed by atoms with van der Waals surface area (Å²) < 4.78 is 38.9. The average Bonchev–Trinajstić information content (AvgIpc) is 2.97. The van der Waals surface area contributed by atoms with Gasteiger partial charge in [-0.15, -0.1) is 0 Å². The smallest absolute Gasteiger partial charge is 0.369 e. The summed E-state index contributed by atoms with van der Waals surface area (Å²) in [7, 11) is 0. The lowest BCUT2D eigenvalue weighted by atomic mass is 10.1. The molecule has 0 radical (unpaired) electrons.